The fourth-order valence-electron chi connectivity index (χ4n) is 3.22. The number of nitrogens with two attached hydrogens (primary N) is 2. The van der Waals surface area contributed by atoms with E-state index in [4.69, 9.17) is 21.7 Å². The fourth-order valence-corrected chi connectivity index (χ4v) is 3.47. The zero-order chi connectivity index (χ0) is 25.7. The summed E-state index contributed by atoms with van der Waals surface area (Å²) >= 11 is 3.90. The van der Waals surface area contributed by atoms with E-state index in [0.717, 1.165) is 6.42 Å². The lowest BCUT2D eigenvalue weighted by atomic mass is 10.1. The molecule has 15 heteroatoms. The molecule has 4 atom stereocenters. The van der Waals surface area contributed by atoms with Gasteiger partial charge in [0.1, 0.15) is 18.1 Å². The van der Waals surface area contributed by atoms with E-state index in [9.17, 15) is 24.0 Å². The zero-order valence-corrected chi connectivity index (χ0v) is 19.6. The largest absolute Gasteiger partial charge is 0.481 e. The van der Waals surface area contributed by atoms with Crippen LogP contribution in [0.3, 0.4) is 0 Å². The molecule has 1 aliphatic heterocycles. The van der Waals surface area contributed by atoms with Gasteiger partial charge in [0.25, 0.3) is 0 Å². The summed E-state index contributed by atoms with van der Waals surface area (Å²) in [5.74, 6) is -4.78. The Bertz CT molecular complexity index is 770. The monoisotopic (exact) mass is 503 g/mol. The SMILES string of the molecule is NC(N)=NCCCC(NC(=O)C(CCC(=O)O)NC(=O)C1CCCN1)C(=O)NC(CS)C(=O)O. The number of carboxylic acid groups (broad SMARTS) is 2. The number of rotatable bonds is 15. The van der Waals surface area contributed by atoms with Crippen LogP contribution in [0.25, 0.3) is 0 Å². The second-order valence-corrected chi connectivity index (χ2v) is 8.10. The van der Waals surface area contributed by atoms with Crippen LogP contribution in [0.1, 0.15) is 38.5 Å². The molecule has 14 nitrogen and oxygen atoms in total. The van der Waals surface area contributed by atoms with Gasteiger partial charge in [0, 0.05) is 18.7 Å². The van der Waals surface area contributed by atoms with E-state index in [1.807, 2.05) is 0 Å². The predicted molar refractivity (Wildman–Crippen MR) is 125 cm³/mol. The summed E-state index contributed by atoms with van der Waals surface area (Å²) in [4.78, 5) is 64.2. The number of nitrogens with one attached hydrogen (secondary N) is 4. The third-order valence-electron chi connectivity index (χ3n) is 5.03. The first kappa shape index (κ1) is 29.0. The molecule has 0 aromatic heterocycles. The van der Waals surface area contributed by atoms with Gasteiger partial charge in [-0.2, -0.15) is 12.6 Å². The number of aliphatic imine (C=N–C) groups is 1. The third kappa shape index (κ3) is 10.7. The van der Waals surface area contributed by atoms with Gasteiger partial charge in [-0.15, -0.1) is 0 Å². The summed E-state index contributed by atoms with van der Waals surface area (Å²) < 4.78 is 0. The molecule has 1 saturated heterocycles. The Hall–Kier alpha value is -3.07. The Morgan fingerprint density at radius 3 is 2.12 bits per heavy atom. The van der Waals surface area contributed by atoms with E-state index in [1.54, 1.807) is 0 Å². The first-order valence-corrected chi connectivity index (χ1v) is 11.4. The average molecular weight is 504 g/mol. The van der Waals surface area contributed by atoms with Crippen LogP contribution >= 0.6 is 12.6 Å². The van der Waals surface area contributed by atoms with Gasteiger partial charge < -0.3 is 42.9 Å². The van der Waals surface area contributed by atoms with E-state index in [-0.39, 0.29) is 37.5 Å². The molecule has 1 heterocycles. The van der Waals surface area contributed by atoms with Crippen LogP contribution in [-0.4, -0.2) is 88.8 Å². The van der Waals surface area contributed by atoms with Gasteiger partial charge in [0.2, 0.25) is 17.7 Å². The van der Waals surface area contributed by atoms with Crippen LogP contribution in [-0.2, 0) is 24.0 Å². The Morgan fingerprint density at radius 1 is 1.00 bits per heavy atom. The van der Waals surface area contributed by atoms with Crippen molar-refractivity contribution in [1.82, 2.24) is 21.3 Å². The number of nitrogens with zero attached hydrogens (tertiary/aromatic N) is 1. The molecule has 10 N–H and O–H groups in total. The third-order valence-corrected chi connectivity index (χ3v) is 5.40. The van der Waals surface area contributed by atoms with Gasteiger partial charge in [-0.1, -0.05) is 0 Å². The number of carbonyl (C=O) groups excluding carboxylic acids is 3. The average Bonchev–Trinajstić information content (AvgIpc) is 3.31. The molecule has 34 heavy (non-hydrogen) atoms. The molecule has 0 bridgehead atoms. The zero-order valence-electron chi connectivity index (χ0n) is 18.7. The second kappa shape index (κ2) is 15.0. The molecule has 0 aliphatic carbocycles. The Kier molecular flexibility index (Phi) is 12.7. The molecule has 0 aromatic rings. The lowest BCUT2D eigenvalue weighted by molar-refractivity contribution is -0.141. The Labute approximate surface area is 202 Å². The topological polar surface area (TPSA) is 238 Å². The predicted octanol–water partition coefficient (Wildman–Crippen LogP) is -2.87. The second-order valence-electron chi connectivity index (χ2n) is 7.73. The Morgan fingerprint density at radius 2 is 1.62 bits per heavy atom. The molecular formula is C19H33N7O7S. The lowest BCUT2D eigenvalue weighted by Gasteiger charge is -2.24. The summed E-state index contributed by atoms with van der Waals surface area (Å²) in [7, 11) is 0. The van der Waals surface area contributed by atoms with Crippen LogP contribution in [0.2, 0.25) is 0 Å². The van der Waals surface area contributed by atoms with Gasteiger partial charge in [-0.05, 0) is 38.6 Å². The van der Waals surface area contributed by atoms with Gasteiger partial charge in [-0.3, -0.25) is 24.2 Å². The normalized spacial score (nSPS) is 17.6. The van der Waals surface area contributed by atoms with Crippen molar-refractivity contribution in [2.45, 2.75) is 62.7 Å². The summed E-state index contributed by atoms with van der Waals surface area (Å²) in [6.45, 7) is 0.807. The standard InChI is InChI=1S/C19H33N7O7S/c20-19(21)23-8-2-4-11(16(30)26-13(9-34)18(32)33)24-17(31)12(5-6-14(27)28)25-15(29)10-3-1-7-22-10/h10-13,22,34H,1-9H2,(H,24,31)(H,25,29)(H,26,30)(H,27,28)(H,32,33)(H4,20,21,23). The minimum Gasteiger partial charge on any atom is -0.481 e. The molecule has 4 unspecified atom stereocenters. The quantitative estimate of drug-likeness (QED) is 0.0479. The summed E-state index contributed by atoms with van der Waals surface area (Å²) in [6.07, 6.45) is 1.10. The van der Waals surface area contributed by atoms with Crippen molar-refractivity contribution in [1.29, 1.82) is 0 Å². The number of hydrogen-bond donors (Lipinski definition) is 9. The molecular weight excluding hydrogens is 470 g/mol. The van der Waals surface area contributed by atoms with Crippen molar-refractivity contribution < 1.29 is 34.2 Å². The molecule has 0 spiro atoms. The van der Waals surface area contributed by atoms with Crippen molar-refractivity contribution in [3.05, 3.63) is 0 Å². The van der Waals surface area contributed by atoms with Crippen molar-refractivity contribution in [3.8, 4) is 0 Å². The number of thiol groups is 1. The minimum atomic E-state index is -1.30. The van der Waals surface area contributed by atoms with Gasteiger partial charge in [0.15, 0.2) is 5.96 Å². The van der Waals surface area contributed by atoms with Crippen LogP contribution in [0.4, 0.5) is 0 Å². The Balaban J connectivity index is 2.94. The highest BCUT2D eigenvalue weighted by atomic mass is 32.1. The number of hydrogen-bond acceptors (Lipinski definition) is 8. The van der Waals surface area contributed by atoms with Crippen molar-refractivity contribution >= 4 is 48.2 Å². The molecule has 1 aliphatic rings. The molecule has 192 valence electrons. The lowest BCUT2D eigenvalue weighted by Crippen LogP contribution is -2.57. The number of carboxylic acids is 2. The van der Waals surface area contributed by atoms with Crippen LogP contribution in [0, 0.1) is 0 Å². The minimum absolute atomic E-state index is 0.0526. The molecule has 0 saturated carbocycles. The summed E-state index contributed by atoms with van der Waals surface area (Å²) in [5, 5.41) is 28.5. The number of amides is 3. The van der Waals surface area contributed by atoms with Gasteiger partial charge in [0.05, 0.1) is 6.04 Å². The van der Waals surface area contributed by atoms with Gasteiger partial charge >= 0.3 is 11.9 Å². The van der Waals surface area contributed by atoms with Gasteiger partial charge in [-0.25, -0.2) is 4.79 Å². The van der Waals surface area contributed by atoms with E-state index in [1.165, 1.54) is 0 Å². The summed E-state index contributed by atoms with van der Waals surface area (Å²) in [5.41, 5.74) is 10.5. The number of carbonyl (C=O) groups is 5. The molecule has 1 rings (SSSR count). The van der Waals surface area contributed by atoms with E-state index in [2.05, 4.69) is 38.9 Å². The number of guanidine groups is 1. The maximum atomic E-state index is 12.9. The van der Waals surface area contributed by atoms with E-state index >= 15 is 0 Å². The van der Waals surface area contributed by atoms with E-state index in [0.29, 0.717) is 13.0 Å². The highest BCUT2D eigenvalue weighted by Crippen LogP contribution is 2.08. The van der Waals surface area contributed by atoms with Crippen molar-refractivity contribution in [3.63, 3.8) is 0 Å². The maximum absolute atomic E-state index is 12.9. The van der Waals surface area contributed by atoms with Crippen LogP contribution in [0.5, 0.6) is 0 Å². The van der Waals surface area contributed by atoms with Crippen molar-refractivity contribution in [2.75, 3.05) is 18.8 Å². The first-order valence-electron chi connectivity index (χ1n) is 10.8. The summed E-state index contributed by atoms with van der Waals surface area (Å²) in [6, 6.07) is -4.18. The molecule has 3 amide bonds. The van der Waals surface area contributed by atoms with Crippen LogP contribution < -0.4 is 32.7 Å². The highest BCUT2D eigenvalue weighted by molar-refractivity contribution is 7.80. The first-order chi connectivity index (χ1) is 16.0. The number of aliphatic carboxylic acids is 2. The molecule has 0 radical (unpaired) electrons. The van der Waals surface area contributed by atoms with Crippen molar-refractivity contribution in [2.24, 2.45) is 16.5 Å². The highest BCUT2D eigenvalue weighted by Gasteiger charge is 2.31. The molecule has 0 aromatic carbocycles. The molecule has 1 fully saturated rings. The maximum Gasteiger partial charge on any atom is 0.327 e. The van der Waals surface area contributed by atoms with E-state index < -0.39 is 60.2 Å². The fraction of sp³-hybridized carbons (Fsp3) is 0.684. The smallest absolute Gasteiger partial charge is 0.327 e. The van der Waals surface area contributed by atoms with Crippen LogP contribution in [0.15, 0.2) is 4.99 Å².